The van der Waals surface area contributed by atoms with Crippen LogP contribution < -0.4 is 10.1 Å². The van der Waals surface area contributed by atoms with Crippen LogP contribution in [0.4, 0.5) is 4.39 Å². The van der Waals surface area contributed by atoms with Gasteiger partial charge in [0.25, 0.3) is 0 Å². The molecule has 1 aliphatic heterocycles. The number of halogens is 1. The minimum atomic E-state index is -0.402. The number of nitrogens with zero attached hydrogens (tertiary/aromatic N) is 1. The summed E-state index contributed by atoms with van der Waals surface area (Å²) < 4.78 is 18.8. The quantitative estimate of drug-likeness (QED) is 0.753. The number of hydrogen-bond donors (Lipinski definition) is 1. The van der Waals surface area contributed by atoms with Crippen LogP contribution >= 0.6 is 11.8 Å². The van der Waals surface area contributed by atoms with Crippen LogP contribution in [0.1, 0.15) is 30.6 Å². The molecule has 1 saturated carbocycles. The average molecular weight is 399 g/mol. The monoisotopic (exact) mass is 398 g/mol. The summed E-state index contributed by atoms with van der Waals surface area (Å²) in [5, 5.41) is 4.05. The van der Waals surface area contributed by atoms with Crippen LogP contribution in [-0.4, -0.2) is 30.1 Å². The molecule has 0 aromatic heterocycles. The van der Waals surface area contributed by atoms with Crippen LogP contribution in [0.2, 0.25) is 0 Å². The topological polar surface area (TPSA) is 50.7 Å². The van der Waals surface area contributed by atoms with Crippen molar-refractivity contribution in [2.45, 2.75) is 31.1 Å². The fourth-order valence-electron chi connectivity index (χ4n) is 3.33. The fourth-order valence-corrected chi connectivity index (χ4v) is 4.48. The molecule has 2 aliphatic rings. The van der Waals surface area contributed by atoms with Gasteiger partial charge in [-0.3, -0.25) is 9.79 Å². The Hall–Kier alpha value is -2.34. The first-order valence-corrected chi connectivity index (χ1v) is 10.3. The number of hydrogen-bond acceptors (Lipinski definition) is 4. The van der Waals surface area contributed by atoms with Crippen molar-refractivity contribution in [3.05, 3.63) is 66.0 Å². The summed E-state index contributed by atoms with van der Waals surface area (Å²) >= 11 is 1.65. The van der Waals surface area contributed by atoms with Crippen molar-refractivity contribution < 1.29 is 13.9 Å². The number of rotatable bonds is 7. The van der Waals surface area contributed by atoms with Crippen LogP contribution in [0.3, 0.4) is 0 Å². The number of benzene rings is 2. The van der Waals surface area contributed by atoms with Gasteiger partial charge < -0.3 is 10.1 Å². The minimum absolute atomic E-state index is 0.0202. The molecule has 2 atom stereocenters. The minimum Gasteiger partial charge on any atom is -0.493 e. The molecule has 2 unspecified atom stereocenters. The molecule has 1 amide bonds. The van der Waals surface area contributed by atoms with Gasteiger partial charge in [-0.1, -0.05) is 30.3 Å². The van der Waals surface area contributed by atoms with E-state index in [1.54, 1.807) is 23.9 Å². The second-order valence-electron chi connectivity index (χ2n) is 7.50. The van der Waals surface area contributed by atoms with E-state index in [-0.39, 0.29) is 22.4 Å². The van der Waals surface area contributed by atoms with Crippen molar-refractivity contribution in [3.8, 4) is 5.75 Å². The summed E-state index contributed by atoms with van der Waals surface area (Å²) in [5.74, 6) is 0.334. The first-order chi connectivity index (χ1) is 13.5. The summed E-state index contributed by atoms with van der Waals surface area (Å²) in [4.78, 5) is 17.4. The van der Waals surface area contributed by atoms with Gasteiger partial charge in [0.2, 0.25) is 5.91 Å². The zero-order valence-electron chi connectivity index (χ0n) is 15.7. The SMILES string of the molecule is CC1=NC(C(=O)NCC2(COc3ccc(F)cc3)CC2)C(c2ccccc2)S1. The zero-order chi connectivity index (χ0) is 19.6. The second kappa shape index (κ2) is 7.95. The Morgan fingerprint density at radius 2 is 1.93 bits per heavy atom. The molecule has 0 radical (unpaired) electrons. The van der Waals surface area contributed by atoms with E-state index in [1.165, 1.54) is 12.1 Å². The molecule has 0 spiro atoms. The molecule has 1 aliphatic carbocycles. The molecular weight excluding hydrogens is 375 g/mol. The van der Waals surface area contributed by atoms with Gasteiger partial charge in [0.05, 0.1) is 16.9 Å². The largest absolute Gasteiger partial charge is 0.493 e. The van der Waals surface area contributed by atoms with Gasteiger partial charge in [-0.15, -0.1) is 11.8 Å². The van der Waals surface area contributed by atoms with Crippen LogP contribution in [0.15, 0.2) is 59.6 Å². The number of aliphatic imine (C=N–C) groups is 1. The van der Waals surface area contributed by atoms with E-state index in [2.05, 4.69) is 10.3 Å². The van der Waals surface area contributed by atoms with E-state index < -0.39 is 6.04 Å². The highest BCUT2D eigenvalue weighted by atomic mass is 32.2. The first-order valence-electron chi connectivity index (χ1n) is 9.47. The molecule has 0 saturated heterocycles. The maximum Gasteiger partial charge on any atom is 0.246 e. The van der Waals surface area contributed by atoms with Gasteiger partial charge in [0.1, 0.15) is 17.6 Å². The average Bonchev–Trinajstić information content (AvgIpc) is 3.39. The lowest BCUT2D eigenvalue weighted by Gasteiger charge is -2.20. The van der Waals surface area contributed by atoms with E-state index >= 15 is 0 Å². The third-order valence-electron chi connectivity index (χ3n) is 5.26. The van der Waals surface area contributed by atoms with E-state index in [0.717, 1.165) is 23.4 Å². The fraction of sp³-hybridized carbons (Fsp3) is 0.364. The van der Waals surface area contributed by atoms with E-state index in [4.69, 9.17) is 4.74 Å². The number of carbonyl (C=O) groups is 1. The molecule has 1 heterocycles. The lowest BCUT2D eigenvalue weighted by atomic mass is 10.0. The van der Waals surface area contributed by atoms with Crippen molar-refractivity contribution in [1.82, 2.24) is 5.32 Å². The number of carbonyl (C=O) groups excluding carboxylic acids is 1. The Bertz CT molecular complexity index is 866. The van der Waals surface area contributed by atoms with Crippen molar-refractivity contribution in [1.29, 1.82) is 0 Å². The summed E-state index contributed by atoms with van der Waals surface area (Å²) in [7, 11) is 0. The number of thioether (sulfide) groups is 1. The lowest BCUT2D eigenvalue weighted by molar-refractivity contribution is -0.122. The lowest BCUT2D eigenvalue weighted by Crippen LogP contribution is -2.39. The van der Waals surface area contributed by atoms with Gasteiger partial charge >= 0.3 is 0 Å². The highest BCUT2D eigenvalue weighted by Crippen LogP contribution is 2.46. The summed E-state index contributed by atoms with van der Waals surface area (Å²) in [6.45, 7) is 3.04. The Balaban J connectivity index is 1.33. The molecule has 146 valence electrons. The highest BCUT2D eigenvalue weighted by Gasteiger charge is 2.45. The Morgan fingerprint density at radius 3 is 2.61 bits per heavy atom. The van der Waals surface area contributed by atoms with Crippen molar-refractivity contribution in [3.63, 3.8) is 0 Å². The third kappa shape index (κ3) is 4.38. The summed E-state index contributed by atoms with van der Waals surface area (Å²) in [5.41, 5.74) is 1.09. The van der Waals surface area contributed by atoms with Crippen LogP contribution in [0, 0.1) is 11.2 Å². The normalized spacial score (nSPS) is 22.4. The maximum absolute atomic E-state index is 13.0. The summed E-state index contributed by atoms with van der Waals surface area (Å²) in [6, 6.07) is 15.7. The highest BCUT2D eigenvalue weighted by molar-refractivity contribution is 8.14. The van der Waals surface area contributed by atoms with E-state index in [9.17, 15) is 9.18 Å². The third-order valence-corrected chi connectivity index (χ3v) is 6.49. The van der Waals surface area contributed by atoms with Crippen LogP contribution in [-0.2, 0) is 4.79 Å². The number of ether oxygens (including phenoxy) is 1. The zero-order valence-corrected chi connectivity index (χ0v) is 16.5. The number of nitrogens with one attached hydrogen (secondary N) is 1. The van der Waals surface area contributed by atoms with Gasteiger partial charge in [-0.25, -0.2) is 4.39 Å². The van der Waals surface area contributed by atoms with E-state index in [0.29, 0.717) is 18.9 Å². The molecule has 1 fully saturated rings. The predicted octanol–water partition coefficient (Wildman–Crippen LogP) is 4.38. The van der Waals surface area contributed by atoms with Crippen LogP contribution in [0.5, 0.6) is 5.75 Å². The van der Waals surface area contributed by atoms with E-state index in [1.807, 2.05) is 37.3 Å². The Kier molecular flexibility index (Phi) is 5.40. The molecule has 0 bridgehead atoms. The molecule has 4 nitrogen and oxygen atoms in total. The first kappa shape index (κ1) is 19.0. The molecule has 2 aromatic carbocycles. The number of amides is 1. The Morgan fingerprint density at radius 1 is 1.21 bits per heavy atom. The smallest absolute Gasteiger partial charge is 0.246 e. The van der Waals surface area contributed by atoms with Gasteiger partial charge in [-0.2, -0.15) is 0 Å². The molecule has 28 heavy (non-hydrogen) atoms. The Labute approximate surface area is 168 Å². The second-order valence-corrected chi connectivity index (χ2v) is 8.84. The molecular formula is C22H23FN2O2S. The maximum atomic E-state index is 13.0. The standard InChI is InChI=1S/C22H23FN2O2S/c1-15-25-19(20(28-15)16-5-3-2-4-6-16)21(26)24-13-22(11-12-22)14-27-18-9-7-17(23)8-10-18/h2-10,19-20H,11-14H2,1H3,(H,24,26). The van der Waals surface area contributed by atoms with Gasteiger partial charge in [-0.05, 0) is 49.6 Å². The van der Waals surface area contributed by atoms with Crippen LogP contribution in [0.25, 0.3) is 0 Å². The molecule has 1 N–H and O–H groups in total. The molecule has 4 rings (SSSR count). The molecule has 6 heteroatoms. The van der Waals surface area contributed by atoms with Crippen molar-refractivity contribution >= 4 is 22.7 Å². The molecule has 2 aromatic rings. The predicted molar refractivity (Wildman–Crippen MR) is 110 cm³/mol. The van der Waals surface area contributed by atoms with Crippen molar-refractivity contribution in [2.75, 3.05) is 13.2 Å². The van der Waals surface area contributed by atoms with Crippen molar-refractivity contribution in [2.24, 2.45) is 10.4 Å². The van der Waals surface area contributed by atoms with Gasteiger partial charge in [0, 0.05) is 12.0 Å². The summed E-state index contributed by atoms with van der Waals surface area (Å²) in [6.07, 6.45) is 2.02. The van der Waals surface area contributed by atoms with Gasteiger partial charge in [0.15, 0.2) is 0 Å².